The first-order valence-corrected chi connectivity index (χ1v) is 8.17. The van der Waals surface area contributed by atoms with Gasteiger partial charge >= 0.3 is 5.97 Å². The van der Waals surface area contributed by atoms with Gasteiger partial charge in [0.25, 0.3) is 5.91 Å². The van der Waals surface area contributed by atoms with Crippen LogP contribution in [0, 0.1) is 6.92 Å². The smallest absolute Gasteiger partial charge is 0.331 e. The number of halogens is 1. The summed E-state index contributed by atoms with van der Waals surface area (Å²) in [6.07, 6.45) is 4.02. The molecule has 23 heavy (non-hydrogen) atoms. The molecular formula is C16H24ClN3O3. The van der Waals surface area contributed by atoms with E-state index < -0.39 is 12.1 Å². The molecule has 1 heterocycles. The number of hydrogen-bond donors (Lipinski definition) is 1. The third-order valence-corrected chi connectivity index (χ3v) is 3.63. The molecule has 1 amide bonds. The van der Waals surface area contributed by atoms with Crippen molar-refractivity contribution in [3.05, 3.63) is 22.5 Å². The molecule has 128 valence electrons. The maximum absolute atomic E-state index is 11.8. The number of carbonyl (C=O) groups is 2. The Labute approximate surface area is 141 Å². The maximum Gasteiger partial charge on any atom is 0.331 e. The lowest BCUT2D eigenvalue weighted by atomic mass is 10.2. The highest BCUT2D eigenvalue weighted by molar-refractivity contribution is 6.31. The molecule has 0 aliphatic carbocycles. The fraction of sp³-hybridized carbons (Fsp3) is 0.562. The van der Waals surface area contributed by atoms with Crippen LogP contribution in [0.25, 0.3) is 6.08 Å². The summed E-state index contributed by atoms with van der Waals surface area (Å²) in [5.74, 6) is -0.920. The number of amides is 1. The minimum Gasteiger partial charge on any atom is -0.449 e. The van der Waals surface area contributed by atoms with Gasteiger partial charge in [0.15, 0.2) is 6.10 Å². The Balaban J connectivity index is 2.71. The SMILES string of the molecule is CCCCn1nc(C)c(/C=C/C(=O)O[C@H](C)C(=O)NCC)c1Cl. The maximum atomic E-state index is 11.8. The first-order valence-electron chi connectivity index (χ1n) is 7.79. The molecule has 0 saturated heterocycles. The van der Waals surface area contributed by atoms with Crippen LogP contribution < -0.4 is 5.32 Å². The number of aromatic nitrogens is 2. The monoisotopic (exact) mass is 341 g/mol. The average Bonchev–Trinajstić information content (AvgIpc) is 2.77. The first kappa shape index (κ1) is 19.2. The fourth-order valence-corrected chi connectivity index (χ4v) is 2.27. The molecule has 0 spiro atoms. The molecule has 6 nitrogen and oxygen atoms in total. The van der Waals surface area contributed by atoms with Gasteiger partial charge in [-0.2, -0.15) is 5.10 Å². The number of aryl methyl sites for hydroxylation is 2. The van der Waals surface area contributed by atoms with Crippen LogP contribution in [0.2, 0.25) is 5.15 Å². The van der Waals surface area contributed by atoms with Gasteiger partial charge in [0.05, 0.1) is 5.69 Å². The molecule has 1 aromatic rings. The van der Waals surface area contributed by atoms with Gasteiger partial charge in [-0.1, -0.05) is 24.9 Å². The quantitative estimate of drug-likeness (QED) is 0.583. The lowest BCUT2D eigenvalue weighted by molar-refractivity contribution is -0.150. The van der Waals surface area contributed by atoms with Crippen LogP contribution in [0.4, 0.5) is 0 Å². The summed E-state index contributed by atoms with van der Waals surface area (Å²) in [5, 5.41) is 7.44. The summed E-state index contributed by atoms with van der Waals surface area (Å²) in [4.78, 5) is 23.3. The third-order valence-electron chi connectivity index (χ3n) is 3.23. The zero-order chi connectivity index (χ0) is 17.4. The number of ether oxygens (including phenoxy) is 1. The number of rotatable bonds is 8. The summed E-state index contributed by atoms with van der Waals surface area (Å²) in [6, 6.07) is 0. The summed E-state index contributed by atoms with van der Waals surface area (Å²) >= 11 is 6.28. The van der Waals surface area contributed by atoms with Crippen LogP contribution in [0.1, 0.15) is 44.9 Å². The molecule has 1 aromatic heterocycles. The molecule has 0 fully saturated rings. The standard InChI is InChI=1S/C16H24ClN3O3/c1-5-7-10-20-15(17)13(11(3)19-20)8-9-14(21)23-12(4)16(22)18-6-2/h8-9,12H,5-7,10H2,1-4H3,(H,18,22)/b9-8+/t12-/m1/s1. The molecule has 0 unspecified atom stereocenters. The van der Waals surface area contributed by atoms with Crippen molar-refractivity contribution in [2.45, 2.75) is 53.2 Å². The van der Waals surface area contributed by atoms with Crippen LogP contribution in [-0.2, 0) is 20.9 Å². The largest absolute Gasteiger partial charge is 0.449 e. The average molecular weight is 342 g/mol. The molecule has 0 aliphatic rings. The van der Waals surface area contributed by atoms with E-state index in [1.807, 2.05) is 6.92 Å². The van der Waals surface area contributed by atoms with Gasteiger partial charge in [-0.3, -0.25) is 9.48 Å². The van der Waals surface area contributed by atoms with Gasteiger partial charge in [-0.05, 0) is 33.3 Å². The van der Waals surface area contributed by atoms with E-state index in [9.17, 15) is 9.59 Å². The zero-order valence-corrected chi connectivity index (χ0v) is 14.8. The van der Waals surface area contributed by atoms with Crippen molar-refractivity contribution < 1.29 is 14.3 Å². The Morgan fingerprint density at radius 2 is 2.13 bits per heavy atom. The second-order valence-corrected chi connectivity index (χ2v) is 5.53. The van der Waals surface area contributed by atoms with Crippen LogP contribution in [-0.4, -0.2) is 34.3 Å². The lowest BCUT2D eigenvalue weighted by Gasteiger charge is -2.10. The van der Waals surface area contributed by atoms with E-state index in [1.54, 1.807) is 17.7 Å². The van der Waals surface area contributed by atoms with Crippen molar-refractivity contribution in [1.29, 1.82) is 0 Å². The van der Waals surface area contributed by atoms with Crippen molar-refractivity contribution >= 4 is 29.6 Å². The summed E-state index contributed by atoms with van der Waals surface area (Å²) in [6.45, 7) is 8.48. The van der Waals surface area contributed by atoms with Crippen LogP contribution >= 0.6 is 11.6 Å². The minimum atomic E-state index is -0.837. The number of hydrogen-bond acceptors (Lipinski definition) is 4. The number of carbonyl (C=O) groups excluding carboxylic acids is 2. The third kappa shape index (κ3) is 5.71. The topological polar surface area (TPSA) is 73.2 Å². The van der Waals surface area contributed by atoms with Crippen LogP contribution in [0.15, 0.2) is 6.08 Å². The van der Waals surface area contributed by atoms with E-state index in [4.69, 9.17) is 16.3 Å². The van der Waals surface area contributed by atoms with E-state index in [0.717, 1.165) is 25.1 Å². The van der Waals surface area contributed by atoms with Crippen LogP contribution in [0.3, 0.4) is 0 Å². The highest BCUT2D eigenvalue weighted by Crippen LogP contribution is 2.21. The summed E-state index contributed by atoms with van der Waals surface area (Å²) in [5.41, 5.74) is 1.43. The number of nitrogens with one attached hydrogen (secondary N) is 1. The van der Waals surface area contributed by atoms with E-state index in [-0.39, 0.29) is 5.91 Å². The Morgan fingerprint density at radius 3 is 2.74 bits per heavy atom. The Bertz CT molecular complexity index is 581. The second kappa shape index (κ2) is 9.35. The van der Waals surface area contributed by atoms with E-state index >= 15 is 0 Å². The van der Waals surface area contributed by atoms with Crippen molar-refractivity contribution in [2.75, 3.05) is 6.54 Å². The summed E-state index contributed by atoms with van der Waals surface area (Å²) in [7, 11) is 0. The van der Waals surface area contributed by atoms with Gasteiger partial charge in [0.2, 0.25) is 0 Å². The van der Waals surface area contributed by atoms with Crippen molar-refractivity contribution in [1.82, 2.24) is 15.1 Å². The van der Waals surface area contributed by atoms with Crippen LogP contribution in [0.5, 0.6) is 0 Å². The second-order valence-electron chi connectivity index (χ2n) is 5.17. The number of unbranched alkanes of at least 4 members (excludes halogenated alkanes) is 1. The molecule has 0 bridgehead atoms. The van der Waals surface area contributed by atoms with E-state index in [1.165, 1.54) is 13.0 Å². The van der Waals surface area contributed by atoms with Crippen molar-refractivity contribution in [2.24, 2.45) is 0 Å². The van der Waals surface area contributed by atoms with Gasteiger partial charge in [-0.25, -0.2) is 4.79 Å². The Hall–Kier alpha value is -1.82. The van der Waals surface area contributed by atoms with E-state index in [0.29, 0.717) is 17.3 Å². The Kier molecular flexibility index (Phi) is 7.81. The highest BCUT2D eigenvalue weighted by Gasteiger charge is 2.16. The molecule has 1 rings (SSSR count). The summed E-state index contributed by atoms with van der Waals surface area (Å²) < 4.78 is 6.75. The molecule has 0 saturated carbocycles. The van der Waals surface area contributed by atoms with Gasteiger partial charge in [-0.15, -0.1) is 0 Å². The van der Waals surface area contributed by atoms with Gasteiger partial charge in [0, 0.05) is 24.7 Å². The predicted molar refractivity (Wildman–Crippen MR) is 90.2 cm³/mol. The highest BCUT2D eigenvalue weighted by atomic mass is 35.5. The number of esters is 1. The Morgan fingerprint density at radius 1 is 1.43 bits per heavy atom. The molecule has 7 heteroatoms. The number of nitrogens with zero attached hydrogens (tertiary/aromatic N) is 2. The zero-order valence-electron chi connectivity index (χ0n) is 14.1. The molecule has 0 radical (unpaired) electrons. The molecule has 0 aromatic carbocycles. The predicted octanol–water partition coefficient (Wildman–Crippen LogP) is 2.73. The molecule has 1 atom stereocenters. The van der Waals surface area contributed by atoms with Crippen molar-refractivity contribution in [3.63, 3.8) is 0 Å². The molecular weight excluding hydrogens is 318 g/mol. The minimum absolute atomic E-state index is 0.323. The fourth-order valence-electron chi connectivity index (χ4n) is 1.95. The lowest BCUT2D eigenvalue weighted by Crippen LogP contribution is -2.35. The van der Waals surface area contributed by atoms with Gasteiger partial charge < -0.3 is 10.1 Å². The number of likely N-dealkylation sites (N-methyl/N-ethyl adjacent to an activating group) is 1. The van der Waals surface area contributed by atoms with E-state index in [2.05, 4.69) is 17.3 Å². The first-order chi connectivity index (χ1) is 10.9. The van der Waals surface area contributed by atoms with Crippen molar-refractivity contribution in [3.8, 4) is 0 Å². The molecule has 1 N–H and O–H groups in total. The molecule has 0 aliphatic heterocycles. The normalized spacial score (nSPS) is 12.4. The van der Waals surface area contributed by atoms with Gasteiger partial charge in [0.1, 0.15) is 5.15 Å².